The molecular formula is C18H18N4O3. The van der Waals surface area contributed by atoms with Gasteiger partial charge in [-0.15, -0.1) is 0 Å². The van der Waals surface area contributed by atoms with Crippen LogP contribution in [0.5, 0.6) is 0 Å². The zero-order valence-corrected chi connectivity index (χ0v) is 14.2. The zero-order valence-electron chi connectivity index (χ0n) is 14.2. The van der Waals surface area contributed by atoms with Crippen molar-refractivity contribution in [2.75, 3.05) is 12.4 Å². The van der Waals surface area contributed by atoms with Gasteiger partial charge in [0.05, 0.1) is 27.9 Å². The van der Waals surface area contributed by atoms with Crippen LogP contribution in [0.1, 0.15) is 38.9 Å². The number of carbonyl (C=O) groups is 2. The van der Waals surface area contributed by atoms with Gasteiger partial charge in [0.1, 0.15) is 0 Å². The summed E-state index contributed by atoms with van der Waals surface area (Å²) in [6.45, 7) is 3.77. The predicted molar refractivity (Wildman–Crippen MR) is 93.7 cm³/mol. The van der Waals surface area contributed by atoms with Gasteiger partial charge in [0, 0.05) is 13.2 Å². The third-order valence-corrected chi connectivity index (χ3v) is 3.98. The van der Waals surface area contributed by atoms with E-state index in [0.29, 0.717) is 34.3 Å². The molecule has 0 aliphatic rings. The molecule has 25 heavy (non-hydrogen) atoms. The Labute approximate surface area is 144 Å². The minimum Gasteiger partial charge on any atom is -0.355 e. The number of carbonyl (C=O) groups excluding carboxylic acids is 2. The number of amides is 2. The molecule has 0 aliphatic heterocycles. The van der Waals surface area contributed by atoms with Gasteiger partial charge in [-0.2, -0.15) is 0 Å². The number of benzene rings is 1. The van der Waals surface area contributed by atoms with Crippen LogP contribution in [0.15, 0.2) is 35.0 Å². The Morgan fingerprint density at radius 1 is 1.24 bits per heavy atom. The smallest absolute Gasteiger partial charge is 0.257 e. The number of aryl methyl sites for hydroxylation is 2. The molecule has 2 aromatic heterocycles. The van der Waals surface area contributed by atoms with Crippen molar-refractivity contribution >= 4 is 28.6 Å². The quantitative estimate of drug-likeness (QED) is 0.762. The average molecular weight is 338 g/mol. The van der Waals surface area contributed by atoms with Crippen molar-refractivity contribution in [1.29, 1.82) is 0 Å². The van der Waals surface area contributed by atoms with Gasteiger partial charge in [0.25, 0.3) is 17.5 Å². The molecule has 2 amide bonds. The fraction of sp³-hybridized carbons (Fsp3) is 0.222. The lowest BCUT2D eigenvalue weighted by Gasteiger charge is -2.12. The fourth-order valence-electron chi connectivity index (χ4n) is 2.65. The number of nitrogens with zero attached hydrogens (tertiary/aromatic N) is 2. The molecule has 0 unspecified atom stereocenters. The molecule has 0 saturated heterocycles. The lowest BCUT2D eigenvalue weighted by Crippen LogP contribution is -2.22. The van der Waals surface area contributed by atoms with Gasteiger partial charge in [0.2, 0.25) is 0 Å². The Morgan fingerprint density at radius 2 is 2.04 bits per heavy atom. The minimum atomic E-state index is -0.353. The van der Waals surface area contributed by atoms with E-state index in [1.54, 1.807) is 25.2 Å². The predicted octanol–water partition coefficient (Wildman–Crippen LogP) is 2.71. The molecule has 0 radical (unpaired) electrons. The molecule has 0 saturated carbocycles. The molecule has 3 aromatic rings. The molecule has 2 N–H and O–H groups in total. The molecule has 3 rings (SSSR count). The van der Waals surface area contributed by atoms with E-state index < -0.39 is 0 Å². The van der Waals surface area contributed by atoms with Gasteiger partial charge in [-0.05, 0) is 31.0 Å². The lowest BCUT2D eigenvalue weighted by atomic mass is 10.1. The highest BCUT2D eigenvalue weighted by Crippen LogP contribution is 2.22. The summed E-state index contributed by atoms with van der Waals surface area (Å²) in [5.74, 6) is -0.609. The Morgan fingerprint density at radius 3 is 2.76 bits per heavy atom. The maximum atomic E-state index is 12.6. The summed E-state index contributed by atoms with van der Waals surface area (Å²) in [6, 6.07) is 6.99. The van der Waals surface area contributed by atoms with Crippen molar-refractivity contribution in [3.05, 3.63) is 52.8 Å². The van der Waals surface area contributed by atoms with Crippen LogP contribution in [0.3, 0.4) is 0 Å². The summed E-state index contributed by atoms with van der Waals surface area (Å²) in [7, 11) is 1.55. The van der Waals surface area contributed by atoms with Crippen molar-refractivity contribution in [3.8, 4) is 0 Å². The van der Waals surface area contributed by atoms with Crippen molar-refractivity contribution < 1.29 is 14.1 Å². The summed E-state index contributed by atoms with van der Waals surface area (Å²) >= 11 is 0. The maximum absolute atomic E-state index is 12.6. The van der Waals surface area contributed by atoms with Crippen LogP contribution in [0.2, 0.25) is 0 Å². The first-order valence-electron chi connectivity index (χ1n) is 7.92. The van der Waals surface area contributed by atoms with E-state index in [-0.39, 0.29) is 11.8 Å². The fourth-order valence-corrected chi connectivity index (χ4v) is 2.65. The third kappa shape index (κ3) is 3.08. The Hall–Kier alpha value is -3.22. The number of fused-ring (bicyclic) bond motifs is 1. The number of aromatic nitrogens is 2. The topological polar surface area (TPSA) is 97.1 Å². The Kier molecular flexibility index (Phi) is 4.47. The second-order valence-electron chi connectivity index (χ2n) is 5.59. The highest BCUT2D eigenvalue weighted by Gasteiger charge is 2.17. The average Bonchev–Trinajstić information content (AvgIpc) is 3.03. The van der Waals surface area contributed by atoms with E-state index in [0.717, 1.165) is 11.3 Å². The Balaban J connectivity index is 1.95. The van der Waals surface area contributed by atoms with Crippen LogP contribution in [0.25, 0.3) is 11.1 Å². The van der Waals surface area contributed by atoms with E-state index in [1.807, 2.05) is 19.9 Å². The molecule has 1 aromatic carbocycles. The molecule has 128 valence electrons. The van der Waals surface area contributed by atoms with E-state index >= 15 is 0 Å². The van der Waals surface area contributed by atoms with Crippen LogP contribution < -0.4 is 10.6 Å². The molecule has 2 heterocycles. The minimum absolute atomic E-state index is 0.255. The first kappa shape index (κ1) is 16.6. The zero-order chi connectivity index (χ0) is 18.0. The second kappa shape index (κ2) is 6.72. The van der Waals surface area contributed by atoms with Crippen molar-refractivity contribution in [3.63, 3.8) is 0 Å². The van der Waals surface area contributed by atoms with Crippen molar-refractivity contribution in [2.45, 2.75) is 20.3 Å². The molecule has 7 nitrogen and oxygen atoms in total. The highest BCUT2D eigenvalue weighted by molar-refractivity contribution is 6.10. The normalized spacial score (nSPS) is 10.7. The van der Waals surface area contributed by atoms with E-state index in [2.05, 4.69) is 20.8 Å². The van der Waals surface area contributed by atoms with Crippen LogP contribution in [-0.2, 0) is 6.42 Å². The molecule has 0 fully saturated rings. The van der Waals surface area contributed by atoms with Gasteiger partial charge in [-0.3, -0.25) is 9.59 Å². The van der Waals surface area contributed by atoms with Crippen LogP contribution in [-0.4, -0.2) is 29.0 Å². The second-order valence-corrected chi connectivity index (χ2v) is 5.59. The summed E-state index contributed by atoms with van der Waals surface area (Å²) in [4.78, 5) is 28.9. The number of nitrogens with one attached hydrogen (secondary N) is 2. The molecular weight excluding hydrogens is 320 g/mol. The molecule has 0 spiro atoms. The summed E-state index contributed by atoms with van der Waals surface area (Å²) in [6.07, 6.45) is 2.11. The largest absolute Gasteiger partial charge is 0.355 e. The maximum Gasteiger partial charge on any atom is 0.257 e. The third-order valence-electron chi connectivity index (χ3n) is 3.98. The van der Waals surface area contributed by atoms with Crippen LogP contribution in [0, 0.1) is 6.92 Å². The van der Waals surface area contributed by atoms with Crippen molar-refractivity contribution in [2.24, 2.45) is 0 Å². The van der Waals surface area contributed by atoms with Gasteiger partial charge >= 0.3 is 0 Å². The lowest BCUT2D eigenvalue weighted by molar-refractivity contribution is 0.0963. The van der Waals surface area contributed by atoms with Gasteiger partial charge in [0.15, 0.2) is 0 Å². The van der Waals surface area contributed by atoms with Gasteiger partial charge in [-0.25, -0.2) is 4.98 Å². The first-order chi connectivity index (χ1) is 12.0. The van der Waals surface area contributed by atoms with E-state index in [4.69, 9.17) is 4.52 Å². The summed E-state index contributed by atoms with van der Waals surface area (Å²) in [5, 5.41) is 10.0. The number of rotatable bonds is 4. The molecule has 0 aliphatic carbocycles. The van der Waals surface area contributed by atoms with E-state index in [9.17, 15) is 9.59 Å². The molecule has 0 atom stereocenters. The van der Waals surface area contributed by atoms with Crippen LogP contribution in [0.4, 0.5) is 5.69 Å². The highest BCUT2D eigenvalue weighted by atomic mass is 16.5. The number of hydrogen-bond acceptors (Lipinski definition) is 5. The van der Waals surface area contributed by atoms with Gasteiger partial charge in [-0.1, -0.05) is 24.2 Å². The molecule has 0 bridgehead atoms. The monoisotopic (exact) mass is 338 g/mol. The summed E-state index contributed by atoms with van der Waals surface area (Å²) < 4.78 is 5.13. The number of anilines is 1. The van der Waals surface area contributed by atoms with Crippen LogP contribution >= 0.6 is 0 Å². The first-order valence-corrected chi connectivity index (χ1v) is 7.92. The standard InChI is InChI=1S/C18H18N4O3/c1-4-13-12-8-11(9-20-18(12)25-22-13)16(23)21-14-7-5-6-10(2)15(14)17(24)19-3/h5-9H,4H2,1-3H3,(H,19,24)(H,21,23). The SMILES string of the molecule is CCc1noc2ncc(C(=O)Nc3cccc(C)c3C(=O)NC)cc12. The van der Waals surface area contributed by atoms with Gasteiger partial charge < -0.3 is 15.2 Å². The molecule has 7 heteroatoms. The van der Waals surface area contributed by atoms with Crippen molar-refractivity contribution in [1.82, 2.24) is 15.5 Å². The Bertz CT molecular complexity index is 962. The summed E-state index contributed by atoms with van der Waals surface area (Å²) in [5.41, 5.74) is 3.18. The number of pyridine rings is 1. The number of hydrogen-bond donors (Lipinski definition) is 2. The van der Waals surface area contributed by atoms with E-state index in [1.165, 1.54) is 6.20 Å².